The van der Waals surface area contributed by atoms with Gasteiger partial charge in [-0.3, -0.25) is 4.79 Å². The minimum atomic E-state index is -1.36. The predicted molar refractivity (Wildman–Crippen MR) is 119 cm³/mol. The molecule has 6 nitrogen and oxygen atoms in total. The fourth-order valence-electron chi connectivity index (χ4n) is 3.59. The van der Waals surface area contributed by atoms with Gasteiger partial charge in [0, 0.05) is 0 Å². The molecule has 0 saturated heterocycles. The van der Waals surface area contributed by atoms with Crippen LogP contribution in [0.5, 0.6) is 0 Å². The average Bonchev–Trinajstić information content (AvgIpc) is 2.72. The molecule has 178 valence electrons. The predicted octanol–water partition coefficient (Wildman–Crippen LogP) is 4.67. The highest BCUT2D eigenvalue weighted by molar-refractivity contribution is 5.88. The fourth-order valence-corrected chi connectivity index (χ4v) is 3.59. The van der Waals surface area contributed by atoms with E-state index in [1.54, 1.807) is 0 Å². The molecular weight excluding hydrogens is 384 g/mol. The zero-order valence-electron chi connectivity index (χ0n) is 19.3. The Hall–Kier alpha value is -0.980. The number of carbonyl (C=O) groups is 2. The molecule has 0 aliphatic carbocycles. The first kappa shape index (κ1) is 29.0. The lowest BCUT2D eigenvalue weighted by Gasteiger charge is -2.18. The second-order valence-electron chi connectivity index (χ2n) is 8.57. The van der Waals surface area contributed by atoms with Gasteiger partial charge in [-0.1, -0.05) is 96.8 Å². The van der Waals surface area contributed by atoms with Crippen LogP contribution < -0.4 is 0 Å². The Kier molecular flexibility index (Phi) is 19.3. The third-order valence-electron chi connectivity index (χ3n) is 5.55. The molecule has 0 radical (unpaired) electrons. The second-order valence-corrected chi connectivity index (χ2v) is 8.57. The summed E-state index contributed by atoms with van der Waals surface area (Å²) >= 11 is 0. The Balaban J connectivity index is 3.82. The Bertz CT molecular complexity index is 424. The number of ether oxygens (including phenoxy) is 1. The number of aliphatic hydroxyl groups excluding tert-OH is 3. The zero-order valence-corrected chi connectivity index (χ0v) is 19.3. The van der Waals surface area contributed by atoms with Crippen LogP contribution in [0.15, 0.2) is 0 Å². The van der Waals surface area contributed by atoms with Crippen LogP contribution >= 0.6 is 0 Å². The molecule has 0 bridgehead atoms. The van der Waals surface area contributed by atoms with E-state index in [0.29, 0.717) is 6.42 Å². The van der Waals surface area contributed by atoms with Crippen molar-refractivity contribution in [3.05, 3.63) is 0 Å². The molecule has 3 N–H and O–H groups in total. The van der Waals surface area contributed by atoms with Crippen LogP contribution in [-0.4, -0.2) is 46.1 Å². The summed E-state index contributed by atoms with van der Waals surface area (Å²) in [4.78, 5) is 23.5. The van der Waals surface area contributed by atoms with Crippen molar-refractivity contribution in [3.63, 3.8) is 0 Å². The van der Waals surface area contributed by atoms with Crippen LogP contribution in [0.25, 0.3) is 0 Å². The molecule has 0 rings (SSSR count). The quantitative estimate of drug-likeness (QED) is 0.147. The average molecular weight is 431 g/mol. The van der Waals surface area contributed by atoms with Crippen LogP contribution in [0.4, 0.5) is 0 Å². The highest BCUT2D eigenvalue weighted by atomic mass is 16.6. The normalized spacial score (nSPS) is 14.3. The molecule has 0 aliphatic rings. The van der Waals surface area contributed by atoms with Crippen molar-refractivity contribution in [2.75, 3.05) is 6.61 Å². The number of hydrogen-bond donors (Lipinski definition) is 3. The van der Waals surface area contributed by atoms with Gasteiger partial charge in [-0.15, -0.1) is 0 Å². The summed E-state index contributed by atoms with van der Waals surface area (Å²) < 4.78 is 4.67. The summed E-state index contributed by atoms with van der Waals surface area (Å²) in [6.45, 7) is 3.05. The fraction of sp³-hybridized carbons (Fsp3) is 0.917. The lowest BCUT2D eigenvalue weighted by Crippen LogP contribution is -2.30. The molecule has 3 atom stereocenters. The molecule has 0 aliphatic heterocycles. The van der Waals surface area contributed by atoms with Crippen molar-refractivity contribution >= 4 is 11.9 Å². The van der Waals surface area contributed by atoms with Gasteiger partial charge in [-0.2, -0.15) is 0 Å². The first-order valence-electron chi connectivity index (χ1n) is 12.1. The van der Waals surface area contributed by atoms with Crippen molar-refractivity contribution in [1.82, 2.24) is 0 Å². The van der Waals surface area contributed by atoms with E-state index in [1.807, 2.05) is 0 Å². The van der Waals surface area contributed by atoms with Gasteiger partial charge in [0.2, 0.25) is 0 Å². The molecule has 0 fully saturated rings. The smallest absolute Gasteiger partial charge is 0.342 e. The van der Waals surface area contributed by atoms with Crippen molar-refractivity contribution in [2.45, 2.75) is 129 Å². The van der Waals surface area contributed by atoms with Crippen LogP contribution in [0.3, 0.4) is 0 Å². The molecule has 0 aromatic rings. The largest absolute Gasteiger partial charge is 0.394 e. The third kappa shape index (κ3) is 16.8. The molecule has 3 unspecified atom stereocenters. The topological polar surface area (TPSA) is 104 Å². The minimum Gasteiger partial charge on any atom is -0.394 e. The summed E-state index contributed by atoms with van der Waals surface area (Å²) in [5.74, 6) is -2.36. The monoisotopic (exact) mass is 430 g/mol. The van der Waals surface area contributed by atoms with E-state index in [0.717, 1.165) is 19.3 Å². The maximum atomic E-state index is 12.1. The van der Waals surface area contributed by atoms with E-state index < -0.39 is 36.7 Å². The number of aliphatic hydroxyl groups is 3. The van der Waals surface area contributed by atoms with Gasteiger partial charge in [0.15, 0.2) is 0 Å². The number of rotatable bonds is 20. The van der Waals surface area contributed by atoms with Crippen molar-refractivity contribution in [3.8, 4) is 0 Å². The van der Waals surface area contributed by atoms with E-state index in [4.69, 9.17) is 5.11 Å². The Morgan fingerprint density at radius 3 is 1.57 bits per heavy atom. The molecular formula is C24H46O6. The Morgan fingerprint density at radius 1 is 0.733 bits per heavy atom. The van der Waals surface area contributed by atoms with Crippen molar-refractivity contribution in [1.29, 1.82) is 0 Å². The van der Waals surface area contributed by atoms with Gasteiger partial charge in [-0.25, -0.2) is 4.79 Å². The minimum absolute atomic E-state index is 0.0564. The maximum absolute atomic E-state index is 12.1. The lowest BCUT2D eigenvalue weighted by atomic mass is 9.94. The maximum Gasteiger partial charge on any atom is 0.342 e. The van der Waals surface area contributed by atoms with E-state index in [9.17, 15) is 19.8 Å². The van der Waals surface area contributed by atoms with Gasteiger partial charge in [0.25, 0.3) is 0 Å². The van der Waals surface area contributed by atoms with Gasteiger partial charge < -0.3 is 20.1 Å². The number of hydrogen-bond acceptors (Lipinski definition) is 6. The summed E-state index contributed by atoms with van der Waals surface area (Å²) in [6.07, 6.45) is 15.6. The van der Waals surface area contributed by atoms with E-state index in [-0.39, 0.29) is 6.42 Å². The molecule has 30 heavy (non-hydrogen) atoms. The summed E-state index contributed by atoms with van der Waals surface area (Å²) in [7, 11) is 0. The van der Waals surface area contributed by atoms with E-state index in [2.05, 4.69) is 11.7 Å². The van der Waals surface area contributed by atoms with Gasteiger partial charge in [0.1, 0.15) is 6.10 Å². The number of esters is 2. The van der Waals surface area contributed by atoms with Gasteiger partial charge in [0.05, 0.1) is 18.6 Å². The number of carbonyl (C=O) groups excluding carboxylic acids is 2. The van der Waals surface area contributed by atoms with Crippen LogP contribution in [0, 0.1) is 5.92 Å². The molecule has 6 heteroatoms. The van der Waals surface area contributed by atoms with Crippen LogP contribution in [-0.2, 0) is 14.3 Å². The zero-order chi connectivity index (χ0) is 22.6. The summed E-state index contributed by atoms with van der Waals surface area (Å²) in [5, 5.41) is 27.8. The Morgan fingerprint density at radius 2 is 1.17 bits per heavy atom. The summed E-state index contributed by atoms with van der Waals surface area (Å²) in [5.41, 5.74) is 0. The standard InChI is InChI=1S/C24H46O6/c1-3-4-5-6-7-8-9-10-11-12-13-14-15-16-17-21(18-22(27)19-25)24(29)30-23(28)20(2)26/h20-22,25-27H,3-19H2,1-2H3. The summed E-state index contributed by atoms with van der Waals surface area (Å²) in [6, 6.07) is 0. The first-order valence-corrected chi connectivity index (χ1v) is 12.1. The van der Waals surface area contributed by atoms with E-state index in [1.165, 1.54) is 77.6 Å². The molecule has 0 aromatic carbocycles. The molecule has 0 saturated carbocycles. The van der Waals surface area contributed by atoms with E-state index >= 15 is 0 Å². The first-order chi connectivity index (χ1) is 14.4. The lowest BCUT2D eigenvalue weighted by molar-refractivity contribution is -0.168. The number of unbranched alkanes of at least 4 members (excludes halogenated alkanes) is 13. The van der Waals surface area contributed by atoms with Crippen molar-refractivity contribution in [2.24, 2.45) is 5.92 Å². The highest BCUT2D eigenvalue weighted by Crippen LogP contribution is 2.20. The molecule has 0 aromatic heterocycles. The van der Waals surface area contributed by atoms with Crippen LogP contribution in [0.1, 0.15) is 117 Å². The van der Waals surface area contributed by atoms with Crippen LogP contribution in [0.2, 0.25) is 0 Å². The Labute approximate surface area is 183 Å². The van der Waals surface area contributed by atoms with Crippen molar-refractivity contribution < 1.29 is 29.6 Å². The SMILES string of the molecule is CCCCCCCCCCCCCCCCC(CC(O)CO)C(=O)OC(=O)C(C)O. The molecule has 0 amide bonds. The molecule has 0 heterocycles. The van der Waals surface area contributed by atoms with Gasteiger partial charge in [-0.05, 0) is 19.8 Å². The molecule has 0 spiro atoms. The highest BCUT2D eigenvalue weighted by Gasteiger charge is 2.26. The van der Waals surface area contributed by atoms with Gasteiger partial charge >= 0.3 is 11.9 Å². The third-order valence-corrected chi connectivity index (χ3v) is 5.55. The second kappa shape index (κ2) is 20.0.